The first-order valence-electron chi connectivity index (χ1n) is 6.00. The second-order valence-electron chi connectivity index (χ2n) is 4.09. The Morgan fingerprint density at radius 1 is 1.06 bits per heavy atom. The van der Waals surface area contributed by atoms with Gasteiger partial charge in [-0.1, -0.05) is 6.92 Å². The molecule has 106 valence electrons. The summed E-state index contributed by atoms with van der Waals surface area (Å²) in [5.74, 6) is -1.22. The molecule has 0 aromatic carbocycles. The minimum Gasteiger partial charge on any atom is -0.481 e. The molecule has 0 heterocycles. The van der Waals surface area contributed by atoms with Gasteiger partial charge in [0.15, 0.2) is 0 Å². The Hall–Kier alpha value is -0.790. The van der Waals surface area contributed by atoms with E-state index in [2.05, 4.69) is 23.3 Å². The summed E-state index contributed by atoms with van der Waals surface area (Å²) >= 11 is 4.07. The van der Waals surface area contributed by atoms with E-state index in [1.54, 1.807) is 0 Å². The molecule has 0 aliphatic rings. The van der Waals surface area contributed by atoms with Gasteiger partial charge in [0.25, 0.3) is 0 Å². The molecule has 0 fully saturated rings. The molecule has 18 heavy (non-hydrogen) atoms. The highest BCUT2D eigenvalue weighted by Gasteiger charge is 2.12. The molecule has 2 atom stereocenters. The van der Waals surface area contributed by atoms with Crippen LogP contribution in [-0.2, 0) is 9.59 Å². The van der Waals surface area contributed by atoms with Crippen molar-refractivity contribution in [2.24, 2.45) is 0 Å². The summed E-state index contributed by atoms with van der Waals surface area (Å²) in [6, 6.07) is -0.203. The van der Waals surface area contributed by atoms with Crippen molar-refractivity contribution in [1.29, 1.82) is 0 Å². The zero-order chi connectivity index (χ0) is 14.0. The minimum atomic E-state index is -0.855. The summed E-state index contributed by atoms with van der Waals surface area (Å²) < 4.78 is 0. The molecular formula is C11H22N2O4S. The molecule has 0 aliphatic carbocycles. The smallest absolute Gasteiger partial charge is 0.304 e. The fourth-order valence-corrected chi connectivity index (χ4v) is 1.79. The Labute approximate surface area is 113 Å². The minimum absolute atomic E-state index is 0.0375. The maximum atomic E-state index is 10.5. The van der Waals surface area contributed by atoms with Gasteiger partial charge >= 0.3 is 11.9 Å². The number of aliphatic carboxylic acids is 2. The first kappa shape index (κ1) is 17.2. The summed E-state index contributed by atoms with van der Waals surface area (Å²) in [5.41, 5.74) is 0. The van der Waals surface area contributed by atoms with Crippen molar-refractivity contribution in [2.45, 2.75) is 38.3 Å². The van der Waals surface area contributed by atoms with Crippen molar-refractivity contribution in [3.05, 3.63) is 0 Å². The molecule has 2 unspecified atom stereocenters. The molecule has 0 aromatic heterocycles. The van der Waals surface area contributed by atoms with Gasteiger partial charge in [-0.3, -0.25) is 9.59 Å². The highest BCUT2D eigenvalue weighted by Crippen LogP contribution is 1.97. The van der Waals surface area contributed by atoms with E-state index in [4.69, 9.17) is 10.2 Å². The molecule has 0 amide bonds. The third-order valence-electron chi connectivity index (χ3n) is 2.55. The van der Waals surface area contributed by atoms with Gasteiger partial charge in [0.05, 0.1) is 12.8 Å². The van der Waals surface area contributed by atoms with Crippen LogP contribution in [0.15, 0.2) is 0 Å². The summed E-state index contributed by atoms with van der Waals surface area (Å²) in [5, 5.41) is 23.5. The quantitative estimate of drug-likeness (QED) is 0.273. The number of carboxylic acids is 2. The standard InChI is InChI=1S/C11H22N2O4S/c1-2-8(5-10(14)15)12-3-4-13-9(7-18)6-11(16)17/h8-9,12-13,18H,2-7H2,1H3,(H,14,15)(H,16,17). The summed E-state index contributed by atoms with van der Waals surface area (Å²) in [4.78, 5) is 21.1. The van der Waals surface area contributed by atoms with E-state index in [1.807, 2.05) is 6.92 Å². The van der Waals surface area contributed by atoms with Crippen molar-refractivity contribution in [3.8, 4) is 0 Å². The molecule has 0 aromatic rings. The second kappa shape index (κ2) is 10.2. The van der Waals surface area contributed by atoms with Gasteiger partial charge in [0, 0.05) is 30.9 Å². The van der Waals surface area contributed by atoms with E-state index in [9.17, 15) is 9.59 Å². The third-order valence-corrected chi connectivity index (χ3v) is 2.99. The number of hydrogen-bond acceptors (Lipinski definition) is 5. The Kier molecular flexibility index (Phi) is 9.72. The SMILES string of the molecule is CCC(CC(=O)O)NCCNC(CS)CC(=O)O. The number of hydrogen-bond donors (Lipinski definition) is 5. The molecule has 0 spiro atoms. The number of carboxylic acid groups (broad SMARTS) is 2. The Morgan fingerprint density at radius 3 is 1.89 bits per heavy atom. The topological polar surface area (TPSA) is 98.7 Å². The van der Waals surface area contributed by atoms with Gasteiger partial charge < -0.3 is 20.8 Å². The molecule has 0 radical (unpaired) electrons. The first-order valence-corrected chi connectivity index (χ1v) is 6.64. The lowest BCUT2D eigenvalue weighted by Crippen LogP contribution is -2.40. The van der Waals surface area contributed by atoms with Crippen LogP contribution in [0.3, 0.4) is 0 Å². The molecule has 4 N–H and O–H groups in total. The number of rotatable bonds is 11. The van der Waals surface area contributed by atoms with E-state index in [0.717, 1.165) is 6.42 Å². The number of nitrogens with one attached hydrogen (secondary N) is 2. The van der Waals surface area contributed by atoms with Crippen molar-refractivity contribution >= 4 is 24.6 Å². The van der Waals surface area contributed by atoms with E-state index in [-0.39, 0.29) is 24.9 Å². The molecule has 0 bridgehead atoms. The lowest BCUT2D eigenvalue weighted by atomic mass is 10.1. The third kappa shape index (κ3) is 9.26. The average Bonchev–Trinajstić information content (AvgIpc) is 2.30. The lowest BCUT2D eigenvalue weighted by molar-refractivity contribution is -0.138. The summed E-state index contributed by atoms with van der Waals surface area (Å²) in [7, 11) is 0. The van der Waals surface area contributed by atoms with Crippen molar-refractivity contribution < 1.29 is 19.8 Å². The van der Waals surface area contributed by atoms with Crippen molar-refractivity contribution in [3.63, 3.8) is 0 Å². The van der Waals surface area contributed by atoms with Crippen LogP contribution in [0.5, 0.6) is 0 Å². The molecule has 0 saturated heterocycles. The van der Waals surface area contributed by atoms with Crippen LogP contribution in [0.2, 0.25) is 0 Å². The fraction of sp³-hybridized carbons (Fsp3) is 0.818. The van der Waals surface area contributed by atoms with Crippen molar-refractivity contribution in [1.82, 2.24) is 10.6 Å². The van der Waals surface area contributed by atoms with Crippen LogP contribution in [0.1, 0.15) is 26.2 Å². The van der Waals surface area contributed by atoms with E-state index >= 15 is 0 Å². The van der Waals surface area contributed by atoms with Gasteiger partial charge in [0.2, 0.25) is 0 Å². The van der Waals surface area contributed by atoms with Crippen LogP contribution in [0, 0.1) is 0 Å². The highest BCUT2D eigenvalue weighted by molar-refractivity contribution is 7.80. The van der Waals surface area contributed by atoms with Crippen LogP contribution >= 0.6 is 12.6 Å². The largest absolute Gasteiger partial charge is 0.481 e. The Morgan fingerprint density at radius 2 is 1.50 bits per heavy atom. The Balaban J connectivity index is 3.75. The maximum Gasteiger partial charge on any atom is 0.304 e. The van der Waals surface area contributed by atoms with Crippen LogP contribution in [-0.4, -0.2) is 53.1 Å². The van der Waals surface area contributed by atoms with Crippen LogP contribution in [0.25, 0.3) is 0 Å². The monoisotopic (exact) mass is 278 g/mol. The molecular weight excluding hydrogens is 256 g/mol. The van der Waals surface area contributed by atoms with E-state index in [0.29, 0.717) is 18.8 Å². The summed E-state index contributed by atoms with van der Waals surface area (Å²) in [6.07, 6.45) is 0.884. The first-order chi connectivity index (χ1) is 8.49. The number of thiol groups is 1. The molecule has 6 nitrogen and oxygen atoms in total. The van der Waals surface area contributed by atoms with Gasteiger partial charge in [-0.15, -0.1) is 0 Å². The van der Waals surface area contributed by atoms with Gasteiger partial charge in [-0.25, -0.2) is 0 Å². The maximum absolute atomic E-state index is 10.5. The van der Waals surface area contributed by atoms with E-state index in [1.165, 1.54) is 0 Å². The van der Waals surface area contributed by atoms with Crippen molar-refractivity contribution in [2.75, 3.05) is 18.8 Å². The molecule has 7 heteroatoms. The van der Waals surface area contributed by atoms with E-state index < -0.39 is 11.9 Å². The van der Waals surface area contributed by atoms with Crippen LogP contribution < -0.4 is 10.6 Å². The second-order valence-corrected chi connectivity index (χ2v) is 4.45. The lowest BCUT2D eigenvalue weighted by Gasteiger charge is -2.17. The summed E-state index contributed by atoms with van der Waals surface area (Å²) in [6.45, 7) is 3.12. The average molecular weight is 278 g/mol. The van der Waals surface area contributed by atoms with Gasteiger partial charge in [0.1, 0.15) is 0 Å². The molecule has 0 saturated carbocycles. The van der Waals surface area contributed by atoms with Gasteiger partial charge in [-0.2, -0.15) is 12.6 Å². The zero-order valence-corrected chi connectivity index (χ0v) is 11.4. The zero-order valence-electron chi connectivity index (χ0n) is 10.6. The van der Waals surface area contributed by atoms with Gasteiger partial charge in [-0.05, 0) is 6.42 Å². The molecule has 0 aliphatic heterocycles. The fourth-order valence-electron chi connectivity index (χ4n) is 1.54. The predicted molar refractivity (Wildman–Crippen MR) is 72.2 cm³/mol. The Bertz CT molecular complexity index is 237. The highest BCUT2D eigenvalue weighted by atomic mass is 32.1. The normalized spacial score (nSPS) is 14.1. The van der Waals surface area contributed by atoms with Crippen LogP contribution in [0.4, 0.5) is 0 Å². The predicted octanol–water partition coefficient (Wildman–Crippen LogP) is 0.192. The molecule has 0 rings (SSSR count). The number of carbonyl (C=O) groups is 2.